The summed E-state index contributed by atoms with van der Waals surface area (Å²) in [6, 6.07) is -0.543. The molecule has 0 aromatic carbocycles. The van der Waals surface area contributed by atoms with E-state index in [1.54, 1.807) is 27.7 Å². The second-order valence-corrected chi connectivity index (χ2v) is 9.76. The zero-order valence-corrected chi connectivity index (χ0v) is 21.3. The number of ketones is 1. The summed E-state index contributed by atoms with van der Waals surface area (Å²) in [7, 11) is 0. The van der Waals surface area contributed by atoms with E-state index in [2.05, 4.69) is 11.9 Å². The zero-order valence-electron chi connectivity index (χ0n) is 20.4. The number of hydrogen-bond acceptors (Lipinski definition) is 8. The molecule has 8 nitrogen and oxygen atoms in total. The Labute approximate surface area is 195 Å². The van der Waals surface area contributed by atoms with Gasteiger partial charge in [0, 0.05) is 11.8 Å². The van der Waals surface area contributed by atoms with Gasteiger partial charge < -0.3 is 9.47 Å². The van der Waals surface area contributed by atoms with Crippen molar-refractivity contribution in [3.63, 3.8) is 0 Å². The first-order valence-corrected chi connectivity index (χ1v) is 12.2. The van der Waals surface area contributed by atoms with Gasteiger partial charge >= 0.3 is 12.1 Å². The first kappa shape index (κ1) is 28.0. The van der Waals surface area contributed by atoms with Crippen LogP contribution >= 0.6 is 11.3 Å². The molecule has 0 aliphatic heterocycles. The first-order chi connectivity index (χ1) is 15.0. The average molecular weight is 471 g/mol. The lowest BCUT2D eigenvalue weighted by Crippen LogP contribution is -2.46. The van der Waals surface area contributed by atoms with Crippen molar-refractivity contribution >= 4 is 29.2 Å². The fourth-order valence-electron chi connectivity index (χ4n) is 2.85. The molecule has 1 atom stereocenters. The molecule has 0 saturated heterocycles. The summed E-state index contributed by atoms with van der Waals surface area (Å²) in [5, 5.41) is 2.91. The van der Waals surface area contributed by atoms with Gasteiger partial charge in [0.05, 0.1) is 19.3 Å². The normalized spacial score (nSPS) is 12.5. The Hall–Kier alpha value is -2.00. The number of carbonyl (C=O) groups excluding carboxylic acids is 3. The van der Waals surface area contributed by atoms with Crippen LogP contribution in [0, 0.1) is 5.92 Å². The Morgan fingerprint density at radius 2 is 1.81 bits per heavy atom. The molecule has 0 fully saturated rings. The fourth-order valence-corrected chi connectivity index (χ4v) is 3.59. The Morgan fingerprint density at radius 1 is 1.12 bits per heavy atom. The van der Waals surface area contributed by atoms with Gasteiger partial charge in [-0.05, 0) is 40.0 Å². The van der Waals surface area contributed by atoms with Gasteiger partial charge in [-0.3, -0.25) is 9.63 Å². The number of Topliss-reactive ketones (excluding diaryl/α,β-unsaturated/α-hetero) is 1. The van der Waals surface area contributed by atoms with Crippen molar-refractivity contribution in [2.24, 2.45) is 5.92 Å². The van der Waals surface area contributed by atoms with E-state index in [-0.39, 0.29) is 35.4 Å². The molecular formula is C23H38N2O6S. The van der Waals surface area contributed by atoms with E-state index in [1.165, 1.54) is 10.4 Å². The van der Waals surface area contributed by atoms with Crippen LogP contribution in [-0.2, 0) is 14.3 Å². The molecule has 1 unspecified atom stereocenters. The smallest absolute Gasteiger partial charge is 0.434 e. The number of thiazole rings is 1. The molecule has 1 rings (SSSR count). The summed E-state index contributed by atoms with van der Waals surface area (Å²) >= 11 is 1.09. The minimum absolute atomic E-state index is 0.00164. The number of unbranched alkanes of at least 4 members (excludes halogenated alkanes) is 3. The second-order valence-electron chi connectivity index (χ2n) is 8.90. The number of carbonyl (C=O) groups is 3. The second kappa shape index (κ2) is 13.5. The summed E-state index contributed by atoms with van der Waals surface area (Å²) in [6.45, 7) is 13.6. The van der Waals surface area contributed by atoms with E-state index in [4.69, 9.17) is 14.3 Å². The highest BCUT2D eigenvalue weighted by Gasteiger charge is 2.34. The van der Waals surface area contributed by atoms with Gasteiger partial charge in [-0.2, -0.15) is 5.06 Å². The average Bonchev–Trinajstić information content (AvgIpc) is 3.18. The molecule has 0 radical (unpaired) electrons. The van der Waals surface area contributed by atoms with Crippen LogP contribution in [0.1, 0.15) is 101 Å². The van der Waals surface area contributed by atoms with E-state index < -0.39 is 23.7 Å². The van der Waals surface area contributed by atoms with Crippen molar-refractivity contribution in [3.05, 3.63) is 16.1 Å². The predicted molar refractivity (Wildman–Crippen MR) is 124 cm³/mol. The predicted octanol–water partition coefficient (Wildman–Crippen LogP) is 5.67. The van der Waals surface area contributed by atoms with Crippen molar-refractivity contribution in [2.75, 3.05) is 13.2 Å². The lowest BCUT2D eigenvalue weighted by molar-refractivity contribution is -0.178. The molecule has 0 aliphatic carbocycles. The topological polar surface area (TPSA) is 95.0 Å². The summed E-state index contributed by atoms with van der Waals surface area (Å²) in [4.78, 5) is 47.7. The maximum atomic E-state index is 12.9. The highest BCUT2D eigenvalue weighted by atomic mass is 32.1. The number of nitrogens with zero attached hydrogens (tertiary/aromatic N) is 2. The van der Waals surface area contributed by atoms with E-state index in [9.17, 15) is 14.4 Å². The lowest BCUT2D eigenvalue weighted by atomic mass is 9.98. The highest BCUT2D eigenvalue weighted by Crippen LogP contribution is 2.23. The Morgan fingerprint density at radius 3 is 2.38 bits per heavy atom. The van der Waals surface area contributed by atoms with Crippen molar-refractivity contribution in [1.82, 2.24) is 10.0 Å². The molecule has 0 aliphatic rings. The third-order valence-corrected chi connectivity index (χ3v) is 5.38. The molecule has 1 aromatic heterocycles. The van der Waals surface area contributed by atoms with Gasteiger partial charge in [-0.1, -0.05) is 40.0 Å². The largest absolute Gasteiger partial charge is 0.461 e. The van der Waals surface area contributed by atoms with Crippen LogP contribution in [0.2, 0.25) is 0 Å². The molecule has 1 heterocycles. The standard InChI is InChI=1S/C23H38N2O6S/c1-8-10-11-12-13-30-25(22(28)31-23(5,6)7)18(16(3)4)14-19(26)20-24-17(15-32-20)21(27)29-9-2/h15-16,18H,8-14H2,1-7H3. The number of rotatable bonds is 13. The van der Waals surface area contributed by atoms with Crippen LogP contribution in [0.3, 0.4) is 0 Å². The number of esters is 1. The Bertz CT molecular complexity index is 741. The molecule has 9 heteroatoms. The van der Waals surface area contributed by atoms with Crippen molar-refractivity contribution in [2.45, 2.75) is 92.2 Å². The van der Waals surface area contributed by atoms with E-state index in [0.29, 0.717) is 6.61 Å². The first-order valence-electron chi connectivity index (χ1n) is 11.3. The van der Waals surface area contributed by atoms with Gasteiger partial charge in [0.15, 0.2) is 16.5 Å². The zero-order chi connectivity index (χ0) is 24.3. The monoisotopic (exact) mass is 470 g/mol. The Balaban J connectivity index is 2.99. The molecule has 32 heavy (non-hydrogen) atoms. The van der Waals surface area contributed by atoms with Gasteiger partial charge in [-0.15, -0.1) is 11.3 Å². The van der Waals surface area contributed by atoms with Crippen molar-refractivity contribution in [3.8, 4) is 0 Å². The number of hydrogen-bond donors (Lipinski definition) is 0. The lowest BCUT2D eigenvalue weighted by Gasteiger charge is -2.34. The summed E-state index contributed by atoms with van der Waals surface area (Å²) in [5.41, 5.74) is -0.589. The van der Waals surface area contributed by atoms with Crippen LogP contribution in [0.25, 0.3) is 0 Å². The molecule has 182 valence electrons. The summed E-state index contributed by atoms with van der Waals surface area (Å²) < 4.78 is 10.5. The van der Waals surface area contributed by atoms with Gasteiger partial charge in [-0.25, -0.2) is 14.6 Å². The number of amides is 1. The SMILES string of the molecule is CCCCCCON(C(=O)OC(C)(C)C)C(CC(=O)c1nc(C(=O)OCC)cs1)C(C)C. The number of hydroxylamine groups is 2. The molecule has 0 saturated carbocycles. The third kappa shape index (κ3) is 9.65. The molecule has 0 bridgehead atoms. The van der Waals surface area contributed by atoms with E-state index in [0.717, 1.165) is 37.0 Å². The van der Waals surface area contributed by atoms with Crippen LogP contribution in [0.5, 0.6) is 0 Å². The maximum absolute atomic E-state index is 12.9. The van der Waals surface area contributed by atoms with Crippen molar-refractivity contribution in [1.29, 1.82) is 0 Å². The minimum atomic E-state index is -0.698. The molecule has 0 spiro atoms. The maximum Gasteiger partial charge on any atom is 0.434 e. The van der Waals surface area contributed by atoms with Gasteiger partial charge in [0.1, 0.15) is 5.60 Å². The van der Waals surface area contributed by atoms with Crippen LogP contribution in [0.15, 0.2) is 5.38 Å². The molecule has 1 amide bonds. The molecule has 0 N–H and O–H groups in total. The van der Waals surface area contributed by atoms with Gasteiger partial charge in [0.2, 0.25) is 0 Å². The summed E-state index contributed by atoms with van der Waals surface area (Å²) in [5.74, 6) is -0.909. The van der Waals surface area contributed by atoms with Crippen LogP contribution in [-0.4, -0.2) is 52.7 Å². The quantitative estimate of drug-likeness (QED) is 0.159. The minimum Gasteiger partial charge on any atom is -0.461 e. The van der Waals surface area contributed by atoms with E-state index in [1.807, 2.05) is 13.8 Å². The summed E-state index contributed by atoms with van der Waals surface area (Å²) in [6.07, 6.45) is 3.38. The number of aromatic nitrogens is 1. The molecular weight excluding hydrogens is 432 g/mol. The van der Waals surface area contributed by atoms with Gasteiger partial charge in [0.25, 0.3) is 0 Å². The van der Waals surface area contributed by atoms with Crippen LogP contribution < -0.4 is 0 Å². The molecule has 1 aromatic rings. The number of ether oxygens (including phenoxy) is 2. The van der Waals surface area contributed by atoms with E-state index >= 15 is 0 Å². The Kier molecular flexibility index (Phi) is 11.8. The highest BCUT2D eigenvalue weighted by molar-refractivity contribution is 7.11. The fraction of sp³-hybridized carbons (Fsp3) is 0.739. The van der Waals surface area contributed by atoms with Crippen molar-refractivity contribution < 1.29 is 28.7 Å². The van der Waals surface area contributed by atoms with Crippen LogP contribution in [0.4, 0.5) is 4.79 Å². The third-order valence-electron chi connectivity index (χ3n) is 4.49.